The van der Waals surface area contributed by atoms with Crippen LogP contribution in [0.1, 0.15) is 68.1 Å². The van der Waals surface area contributed by atoms with Crippen molar-refractivity contribution in [3.8, 4) is 0 Å². The molecule has 0 aliphatic rings. The molecule has 21 heavy (non-hydrogen) atoms. The van der Waals surface area contributed by atoms with Crippen molar-refractivity contribution in [3.63, 3.8) is 0 Å². The van der Waals surface area contributed by atoms with Crippen molar-refractivity contribution in [2.75, 3.05) is 18.5 Å². The van der Waals surface area contributed by atoms with E-state index >= 15 is 0 Å². The molecule has 118 valence electrons. The van der Waals surface area contributed by atoms with Gasteiger partial charge >= 0.3 is 5.97 Å². The number of nitrogens with one attached hydrogen (secondary N) is 1. The number of carbonyl (C=O) groups is 1. The van der Waals surface area contributed by atoms with Gasteiger partial charge in [-0.3, -0.25) is 0 Å². The fourth-order valence-corrected chi connectivity index (χ4v) is 2.52. The maximum absolute atomic E-state index is 12.1. The van der Waals surface area contributed by atoms with Gasteiger partial charge in [-0.15, -0.1) is 0 Å². The number of unbranched alkanes of at least 4 members (excludes halogenated alkanes) is 1. The number of hydrogen-bond donors (Lipinski definition) is 2. The summed E-state index contributed by atoms with van der Waals surface area (Å²) < 4.78 is 5.14. The molecule has 1 aromatic carbocycles. The van der Waals surface area contributed by atoms with Crippen LogP contribution < -0.4 is 11.1 Å². The Kier molecular flexibility index (Phi) is 7.23. The van der Waals surface area contributed by atoms with E-state index in [-0.39, 0.29) is 12.0 Å². The monoisotopic (exact) mass is 292 g/mol. The minimum atomic E-state index is -0.292. The predicted octanol–water partition coefficient (Wildman–Crippen LogP) is 3.66. The molecular formula is C17H28N2O2. The average molecular weight is 292 g/mol. The molecular weight excluding hydrogens is 264 g/mol. The van der Waals surface area contributed by atoms with Gasteiger partial charge in [0.25, 0.3) is 0 Å². The summed E-state index contributed by atoms with van der Waals surface area (Å²) in [6.07, 6.45) is 3.10. The van der Waals surface area contributed by atoms with Crippen LogP contribution in [0.15, 0.2) is 12.1 Å². The molecule has 1 rings (SSSR count). The average Bonchev–Trinajstić information content (AvgIpc) is 2.46. The third-order valence-electron chi connectivity index (χ3n) is 3.51. The van der Waals surface area contributed by atoms with E-state index in [1.54, 1.807) is 0 Å². The third-order valence-corrected chi connectivity index (χ3v) is 3.51. The van der Waals surface area contributed by atoms with Crippen molar-refractivity contribution in [3.05, 3.63) is 28.8 Å². The summed E-state index contributed by atoms with van der Waals surface area (Å²) >= 11 is 0. The number of nitrogens with two attached hydrogens (primary N) is 1. The zero-order valence-electron chi connectivity index (χ0n) is 13.7. The van der Waals surface area contributed by atoms with Gasteiger partial charge in [0.2, 0.25) is 0 Å². The molecule has 0 fully saturated rings. The summed E-state index contributed by atoms with van der Waals surface area (Å²) in [4.78, 5) is 12.1. The molecule has 0 saturated heterocycles. The molecule has 0 aliphatic heterocycles. The van der Waals surface area contributed by atoms with E-state index in [0.717, 1.165) is 42.6 Å². The van der Waals surface area contributed by atoms with E-state index in [1.165, 1.54) is 0 Å². The summed E-state index contributed by atoms with van der Waals surface area (Å²) in [5, 5.41) is 3.45. The first-order valence-corrected chi connectivity index (χ1v) is 7.89. The Balaban J connectivity index is 3.21. The minimum absolute atomic E-state index is 0.202. The lowest BCUT2D eigenvalue weighted by Gasteiger charge is -2.20. The Morgan fingerprint density at radius 3 is 2.57 bits per heavy atom. The Morgan fingerprint density at radius 1 is 1.33 bits per heavy atom. The Labute approximate surface area is 128 Å². The van der Waals surface area contributed by atoms with Crippen molar-refractivity contribution in [2.24, 2.45) is 5.73 Å². The third kappa shape index (κ3) is 4.46. The normalized spacial score (nSPS) is 12.0. The van der Waals surface area contributed by atoms with Crippen LogP contribution in [0.25, 0.3) is 0 Å². The highest BCUT2D eigenvalue weighted by Gasteiger charge is 2.20. The summed E-state index contributed by atoms with van der Waals surface area (Å²) in [6, 6.07) is 3.59. The molecule has 1 unspecified atom stereocenters. The summed E-state index contributed by atoms with van der Waals surface area (Å²) in [6.45, 7) is 9.27. The lowest BCUT2D eigenvalue weighted by atomic mass is 9.92. The highest BCUT2D eigenvalue weighted by atomic mass is 16.5. The van der Waals surface area contributed by atoms with Crippen LogP contribution in [0, 0.1) is 0 Å². The van der Waals surface area contributed by atoms with Gasteiger partial charge < -0.3 is 15.8 Å². The Bertz CT molecular complexity index is 470. The number of hydrogen-bond acceptors (Lipinski definition) is 4. The molecule has 0 spiro atoms. The van der Waals surface area contributed by atoms with Gasteiger partial charge in [-0.25, -0.2) is 4.79 Å². The van der Waals surface area contributed by atoms with Crippen LogP contribution in [0.4, 0.5) is 5.69 Å². The van der Waals surface area contributed by atoms with Crippen LogP contribution >= 0.6 is 0 Å². The van der Waals surface area contributed by atoms with Crippen molar-refractivity contribution in [1.82, 2.24) is 0 Å². The largest absolute Gasteiger partial charge is 0.462 e. The molecule has 0 amide bonds. The van der Waals surface area contributed by atoms with Gasteiger partial charge in [0.1, 0.15) is 0 Å². The van der Waals surface area contributed by atoms with E-state index < -0.39 is 0 Å². The predicted molar refractivity (Wildman–Crippen MR) is 87.8 cm³/mol. The van der Waals surface area contributed by atoms with Crippen LogP contribution in [-0.4, -0.2) is 19.1 Å². The number of rotatable bonds is 8. The number of carbonyl (C=O) groups excluding carboxylic acids is 1. The number of benzene rings is 1. The maximum atomic E-state index is 12.1. The Morgan fingerprint density at radius 2 is 2.05 bits per heavy atom. The van der Waals surface area contributed by atoms with Crippen molar-refractivity contribution < 1.29 is 9.53 Å². The van der Waals surface area contributed by atoms with Crippen molar-refractivity contribution in [2.45, 2.75) is 53.0 Å². The fraction of sp³-hybridized carbons (Fsp3) is 0.588. The molecule has 1 aromatic rings. The van der Waals surface area contributed by atoms with Crippen molar-refractivity contribution in [1.29, 1.82) is 0 Å². The van der Waals surface area contributed by atoms with E-state index in [9.17, 15) is 4.79 Å². The van der Waals surface area contributed by atoms with E-state index in [2.05, 4.69) is 19.2 Å². The first kappa shape index (κ1) is 17.5. The van der Waals surface area contributed by atoms with E-state index in [1.807, 2.05) is 26.0 Å². The lowest BCUT2D eigenvalue weighted by Crippen LogP contribution is -2.18. The van der Waals surface area contributed by atoms with Gasteiger partial charge in [0.05, 0.1) is 12.2 Å². The molecule has 0 aromatic heterocycles. The summed E-state index contributed by atoms with van der Waals surface area (Å²) in [5.41, 5.74) is 9.79. The molecule has 0 aliphatic carbocycles. The molecule has 0 bridgehead atoms. The van der Waals surface area contributed by atoms with Gasteiger partial charge in [0.15, 0.2) is 0 Å². The second-order valence-corrected chi connectivity index (χ2v) is 5.20. The second kappa shape index (κ2) is 8.67. The number of esters is 1. The number of anilines is 1. The number of ether oxygens (including phenoxy) is 1. The van der Waals surface area contributed by atoms with Crippen LogP contribution in [0.3, 0.4) is 0 Å². The van der Waals surface area contributed by atoms with E-state index in [0.29, 0.717) is 12.2 Å². The topological polar surface area (TPSA) is 64.3 Å². The summed E-state index contributed by atoms with van der Waals surface area (Å²) in [5.74, 6) is -0.292. The van der Waals surface area contributed by atoms with Gasteiger partial charge in [-0.05, 0) is 49.9 Å². The molecule has 1 atom stereocenters. The van der Waals surface area contributed by atoms with Crippen LogP contribution in [-0.2, 0) is 11.2 Å². The zero-order valence-corrected chi connectivity index (χ0v) is 13.7. The second-order valence-electron chi connectivity index (χ2n) is 5.20. The van der Waals surface area contributed by atoms with Gasteiger partial charge in [-0.2, -0.15) is 0 Å². The van der Waals surface area contributed by atoms with Crippen LogP contribution in [0.5, 0.6) is 0 Å². The Hall–Kier alpha value is -1.55. The van der Waals surface area contributed by atoms with Gasteiger partial charge in [0, 0.05) is 18.3 Å². The minimum Gasteiger partial charge on any atom is -0.462 e. The lowest BCUT2D eigenvalue weighted by molar-refractivity contribution is 0.0524. The molecule has 0 radical (unpaired) electrons. The maximum Gasteiger partial charge on any atom is 0.338 e. The van der Waals surface area contributed by atoms with Crippen LogP contribution in [0.2, 0.25) is 0 Å². The SMILES string of the molecule is CCCCNc1ccc(C(=O)OCC)c(C(C)N)c1CC. The fourth-order valence-electron chi connectivity index (χ4n) is 2.52. The molecule has 3 N–H and O–H groups in total. The van der Waals surface area contributed by atoms with E-state index in [4.69, 9.17) is 10.5 Å². The smallest absolute Gasteiger partial charge is 0.338 e. The molecule has 4 heteroatoms. The highest BCUT2D eigenvalue weighted by Crippen LogP contribution is 2.29. The first-order valence-electron chi connectivity index (χ1n) is 7.89. The standard InChI is InChI=1S/C17H28N2O2/c1-5-8-11-19-15-10-9-14(17(20)21-7-3)16(12(4)18)13(15)6-2/h9-10,12,19H,5-8,11,18H2,1-4H3. The first-order chi connectivity index (χ1) is 10.1. The highest BCUT2D eigenvalue weighted by molar-refractivity contribution is 5.92. The van der Waals surface area contributed by atoms with Gasteiger partial charge in [-0.1, -0.05) is 20.3 Å². The molecule has 4 nitrogen and oxygen atoms in total. The molecule has 0 heterocycles. The zero-order chi connectivity index (χ0) is 15.8. The molecule has 0 saturated carbocycles. The summed E-state index contributed by atoms with van der Waals surface area (Å²) in [7, 11) is 0. The van der Waals surface area contributed by atoms with Crippen molar-refractivity contribution >= 4 is 11.7 Å². The quantitative estimate of drug-likeness (QED) is 0.567.